The van der Waals surface area contributed by atoms with Gasteiger partial charge in [0.25, 0.3) is 5.56 Å². The molecule has 2 aromatic heterocycles. The van der Waals surface area contributed by atoms with Crippen molar-refractivity contribution >= 4 is 62.6 Å². The number of halogens is 2. The van der Waals surface area contributed by atoms with Gasteiger partial charge in [-0.2, -0.15) is 0 Å². The number of carbonyl (C=O) groups excluding carboxylic acids is 1. The number of H-pyrrole nitrogens is 1. The van der Waals surface area contributed by atoms with Crippen LogP contribution >= 0.6 is 23.2 Å². The molecule has 37 heavy (non-hydrogen) atoms. The lowest BCUT2D eigenvalue weighted by molar-refractivity contribution is -0.123. The number of para-hydroxylation sites is 1. The minimum absolute atomic E-state index is 0.187. The van der Waals surface area contributed by atoms with Crippen molar-refractivity contribution in [3.8, 4) is 0 Å². The maximum atomic E-state index is 13.3. The molecule has 0 saturated carbocycles. The van der Waals surface area contributed by atoms with E-state index in [-0.39, 0.29) is 17.5 Å². The molecule has 1 atom stereocenters. The number of imidazole rings is 1. The summed E-state index contributed by atoms with van der Waals surface area (Å²) in [4.78, 5) is 34.9. The van der Waals surface area contributed by atoms with Crippen LogP contribution in [0.5, 0.6) is 0 Å². The van der Waals surface area contributed by atoms with Gasteiger partial charge in [-0.25, -0.2) is 4.98 Å². The van der Waals surface area contributed by atoms with E-state index >= 15 is 0 Å². The fraction of sp³-hybridized carbons (Fsp3) is 0.296. The molecular weight excluding hydrogens is 511 g/mol. The molecule has 0 aliphatic carbocycles. The second-order valence-electron chi connectivity index (χ2n) is 9.37. The average Bonchev–Trinajstić information content (AvgIpc) is 3.19. The summed E-state index contributed by atoms with van der Waals surface area (Å²) in [6.45, 7) is 2.80. The van der Waals surface area contributed by atoms with Crippen molar-refractivity contribution in [2.75, 3.05) is 11.9 Å². The molecule has 5 rings (SSSR count). The lowest BCUT2D eigenvalue weighted by Gasteiger charge is -2.32. The van der Waals surface area contributed by atoms with Gasteiger partial charge in [-0.15, -0.1) is 0 Å². The van der Waals surface area contributed by atoms with Crippen molar-refractivity contribution in [3.63, 3.8) is 0 Å². The molecule has 1 unspecified atom stereocenters. The number of benzene rings is 2. The molecule has 1 aliphatic heterocycles. The monoisotopic (exact) mass is 538 g/mol. The Bertz CT molecular complexity index is 1590. The Kier molecular flexibility index (Phi) is 6.88. The number of carbonyl (C=O) groups is 1. The van der Waals surface area contributed by atoms with Gasteiger partial charge in [0.1, 0.15) is 6.04 Å². The smallest absolute Gasteiger partial charge is 0.258 e. The van der Waals surface area contributed by atoms with Crippen molar-refractivity contribution < 1.29 is 4.79 Å². The molecule has 1 aliphatic rings. The molecule has 1 amide bonds. The second kappa shape index (κ2) is 10.1. The Morgan fingerprint density at radius 2 is 2.00 bits per heavy atom. The van der Waals surface area contributed by atoms with E-state index in [1.165, 1.54) is 0 Å². The zero-order valence-corrected chi connectivity index (χ0v) is 22.2. The van der Waals surface area contributed by atoms with E-state index in [1.54, 1.807) is 18.2 Å². The van der Waals surface area contributed by atoms with Crippen molar-refractivity contribution in [3.05, 3.63) is 74.3 Å². The molecule has 192 valence electrons. The summed E-state index contributed by atoms with van der Waals surface area (Å²) >= 11 is 12.7. The van der Waals surface area contributed by atoms with Gasteiger partial charge in [-0.3, -0.25) is 9.59 Å². The summed E-state index contributed by atoms with van der Waals surface area (Å²) in [6.07, 6.45) is 7.23. The molecule has 1 saturated heterocycles. The van der Waals surface area contributed by atoms with Gasteiger partial charge in [0, 0.05) is 25.7 Å². The molecular formula is C27H28Cl2N6O2. The minimum atomic E-state index is -0.300. The number of pyridine rings is 1. The summed E-state index contributed by atoms with van der Waals surface area (Å²) in [5.74, 6) is 0.220. The Morgan fingerprint density at radius 1 is 1.24 bits per heavy atom. The number of nitrogens with two attached hydrogens (primary N) is 1. The highest BCUT2D eigenvalue weighted by molar-refractivity contribution is 6.39. The predicted molar refractivity (Wildman–Crippen MR) is 150 cm³/mol. The van der Waals surface area contributed by atoms with Gasteiger partial charge < -0.3 is 25.5 Å². The first-order valence-electron chi connectivity index (χ1n) is 12.2. The van der Waals surface area contributed by atoms with Gasteiger partial charge in [0.05, 0.1) is 32.2 Å². The van der Waals surface area contributed by atoms with E-state index in [0.717, 1.165) is 42.5 Å². The summed E-state index contributed by atoms with van der Waals surface area (Å²) in [7, 11) is 1.85. The van der Waals surface area contributed by atoms with E-state index in [1.807, 2.05) is 47.8 Å². The largest absolute Gasteiger partial charge is 0.368 e. The van der Waals surface area contributed by atoms with Gasteiger partial charge in [-0.1, -0.05) is 41.4 Å². The van der Waals surface area contributed by atoms with E-state index in [0.29, 0.717) is 44.5 Å². The quantitative estimate of drug-likeness (QED) is 0.313. The van der Waals surface area contributed by atoms with Crippen LogP contribution in [0.1, 0.15) is 30.5 Å². The van der Waals surface area contributed by atoms with Crippen LogP contribution in [-0.2, 0) is 18.3 Å². The van der Waals surface area contributed by atoms with Gasteiger partial charge in [0.2, 0.25) is 11.9 Å². The number of anilines is 2. The number of nitrogens with one attached hydrogen (secondary N) is 2. The van der Waals surface area contributed by atoms with Gasteiger partial charge in [-0.05, 0) is 61.5 Å². The third-order valence-corrected chi connectivity index (χ3v) is 7.71. The standard InChI is InChI=1S/C27H28Cl2N6O2/c1-15-16-11-12-20-24(34(2)27(32-20)33-23-17(28)7-5-8-18(23)29)22(16)26(37)31-19(15)9-6-14-35-13-4-3-10-21(35)25(30)36/h5-8,11-12,14,21H,3-4,9-10,13H2,1-2H3,(H2,30,36)(H,31,37)(H,32,33)/b14-6+. The Morgan fingerprint density at radius 3 is 2.73 bits per heavy atom. The molecule has 3 heterocycles. The van der Waals surface area contributed by atoms with Crippen LogP contribution < -0.4 is 16.6 Å². The lowest BCUT2D eigenvalue weighted by Crippen LogP contribution is -2.44. The summed E-state index contributed by atoms with van der Waals surface area (Å²) in [5, 5.41) is 5.59. The SMILES string of the molecule is Cc1c(C/C=C/N2CCCCC2C(N)=O)[nH]c(=O)c2c1ccc1nc(Nc3c(Cl)cccc3Cl)n(C)c12. The molecule has 4 aromatic rings. The first-order valence-corrected chi connectivity index (χ1v) is 13.0. The highest BCUT2D eigenvalue weighted by Crippen LogP contribution is 2.34. The topological polar surface area (TPSA) is 109 Å². The number of allylic oxidation sites excluding steroid dienone is 1. The van der Waals surface area contributed by atoms with E-state index in [4.69, 9.17) is 28.9 Å². The lowest BCUT2D eigenvalue weighted by atomic mass is 10.0. The number of nitrogens with zero attached hydrogens (tertiary/aromatic N) is 3. The van der Waals surface area contributed by atoms with Crippen molar-refractivity contribution in [1.82, 2.24) is 19.4 Å². The summed E-state index contributed by atoms with van der Waals surface area (Å²) in [6, 6.07) is 8.84. The molecule has 8 nitrogen and oxygen atoms in total. The number of rotatable bonds is 6. The van der Waals surface area contributed by atoms with E-state index in [2.05, 4.69) is 15.3 Å². The fourth-order valence-corrected chi connectivity index (χ4v) is 5.58. The second-order valence-corrected chi connectivity index (χ2v) is 10.2. The zero-order valence-electron chi connectivity index (χ0n) is 20.6. The van der Waals surface area contributed by atoms with Gasteiger partial charge in [0.15, 0.2) is 0 Å². The number of likely N-dealkylation sites (tertiary alicyclic amines) is 1. The number of fused-ring (bicyclic) bond motifs is 3. The summed E-state index contributed by atoms with van der Waals surface area (Å²) in [5.41, 5.74) is 9.15. The third kappa shape index (κ3) is 4.67. The minimum Gasteiger partial charge on any atom is -0.368 e. The number of amides is 1. The first kappa shape index (κ1) is 25.2. The molecule has 0 bridgehead atoms. The number of hydrogen-bond acceptors (Lipinski definition) is 5. The number of primary amides is 1. The van der Waals surface area contributed by atoms with Crippen LogP contribution in [0, 0.1) is 6.92 Å². The van der Waals surface area contributed by atoms with Crippen molar-refractivity contribution in [2.45, 2.75) is 38.6 Å². The fourth-order valence-electron chi connectivity index (χ4n) is 5.09. The average molecular weight is 539 g/mol. The predicted octanol–water partition coefficient (Wildman–Crippen LogP) is 5.17. The van der Waals surface area contributed by atoms with E-state index < -0.39 is 0 Å². The molecule has 10 heteroatoms. The van der Waals surface area contributed by atoms with Crippen molar-refractivity contribution in [1.29, 1.82) is 0 Å². The molecule has 2 aromatic carbocycles. The zero-order chi connectivity index (χ0) is 26.3. The number of hydrogen-bond donors (Lipinski definition) is 3. The maximum Gasteiger partial charge on any atom is 0.258 e. The Balaban J connectivity index is 1.50. The van der Waals surface area contributed by atoms with Crippen LogP contribution in [0.4, 0.5) is 11.6 Å². The van der Waals surface area contributed by atoms with Crippen molar-refractivity contribution in [2.24, 2.45) is 12.8 Å². The van der Waals surface area contributed by atoms with Crippen LogP contribution in [0.2, 0.25) is 10.0 Å². The van der Waals surface area contributed by atoms with Crippen LogP contribution in [-0.4, -0.2) is 37.9 Å². The first-order chi connectivity index (χ1) is 17.8. The maximum absolute atomic E-state index is 13.3. The number of aromatic amines is 1. The number of aromatic nitrogens is 3. The number of aryl methyl sites for hydroxylation is 2. The van der Waals surface area contributed by atoms with Crippen LogP contribution in [0.15, 0.2) is 47.4 Å². The Hall–Kier alpha value is -3.49. The number of piperidine rings is 1. The molecule has 0 radical (unpaired) electrons. The van der Waals surface area contributed by atoms with Gasteiger partial charge >= 0.3 is 0 Å². The Labute approximate surface area is 224 Å². The molecule has 1 fully saturated rings. The highest BCUT2D eigenvalue weighted by Gasteiger charge is 2.24. The third-order valence-electron chi connectivity index (χ3n) is 7.08. The van der Waals surface area contributed by atoms with Crippen LogP contribution in [0.25, 0.3) is 21.8 Å². The highest BCUT2D eigenvalue weighted by atomic mass is 35.5. The van der Waals surface area contributed by atoms with E-state index in [9.17, 15) is 9.59 Å². The normalized spacial score (nSPS) is 16.2. The van der Waals surface area contributed by atoms with Crippen LogP contribution in [0.3, 0.4) is 0 Å². The summed E-state index contributed by atoms with van der Waals surface area (Å²) < 4.78 is 1.84. The molecule has 4 N–H and O–H groups in total. The molecule has 0 spiro atoms.